The first kappa shape index (κ1) is 19.1. The van der Waals surface area contributed by atoms with E-state index in [9.17, 15) is 13.2 Å². The number of nitrogens with zero attached hydrogens (tertiary/aromatic N) is 1. The van der Waals surface area contributed by atoms with Crippen LogP contribution in [-0.2, 0) is 10.0 Å². The fraction of sp³-hybridized carbons (Fsp3) is 0.0500. The number of hydrogen-bond donors (Lipinski definition) is 0. The van der Waals surface area contributed by atoms with Gasteiger partial charge in [-0.05, 0) is 60.7 Å². The first-order valence-corrected chi connectivity index (χ1v) is 10.2. The molecule has 3 rings (SSSR count). The van der Waals surface area contributed by atoms with Gasteiger partial charge in [-0.2, -0.15) is 4.31 Å². The highest BCUT2D eigenvalue weighted by Gasteiger charge is 2.31. The van der Waals surface area contributed by atoms with Crippen LogP contribution in [0.3, 0.4) is 0 Å². The summed E-state index contributed by atoms with van der Waals surface area (Å²) in [5, 5.41) is 0. The molecule has 0 aliphatic rings. The molecule has 0 spiro atoms. The molecule has 1 amide bonds. The summed E-state index contributed by atoms with van der Waals surface area (Å²) in [6, 6.07) is 20.7. The summed E-state index contributed by atoms with van der Waals surface area (Å²) in [5.74, 6) is -0.0802. The SMILES string of the molecule is COc1ccc(N(C(=O)c2ccc(Br)cc2)S(=O)(=O)c2ccccc2)cc1. The van der Waals surface area contributed by atoms with E-state index in [0.29, 0.717) is 5.75 Å². The van der Waals surface area contributed by atoms with E-state index in [-0.39, 0.29) is 16.1 Å². The average molecular weight is 446 g/mol. The Labute approximate surface area is 166 Å². The second kappa shape index (κ2) is 7.94. The number of sulfonamides is 1. The minimum atomic E-state index is -4.10. The molecule has 0 aromatic heterocycles. The highest BCUT2D eigenvalue weighted by atomic mass is 79.9. The van der Waals surface area contributed by atoms with Crippen LogP contribution in [0, 0.1) is 0 Å². The summed E-state index contributed by atoms with van der Waals surface area (Å²) in [6.45, 7) is 0. The van der Waals surface area contributed by atoms with E-state index in [2.05, 4.69) is 15.9 Å². The van der Waals surface area contributed by atoms with E-state index >= 15 is 0 Å². The molecule has 0 aliphatic heterocycles. The zero-order chi connectivity index (χ0) is 19.4. The summed E-state index contributed by atoms with van der Waals surface area (Å²) >= 11 is 3.31. The Morgan fingerprint density at radius 2 is 1.48 bits per heavy atom. The highest BCUT2D eigenvalue weighted by Crippen LogP contribution is 2.28. The van der Waals surface area contributed by atoms with Crippen LogP contribution in [0.4, 0.5) is 5.69 Å². The molecule has 0 N–H and O–H groups in total. The fourth-order valence-electron chi connectivity index (χ4n) is 2.49. The van der Waals surface area contributed by atoms with Gasteiger partial charge in [-0.3, -0.25) is 4.79 Å². The Balaban J connectivity index is 2.13. The fourth-order valence-corrected chi connectivity index (χ4v) is 4.19. The van der Waals surface area contributed by atoms with Crippen LogP contribution in [0.2, 0.25) is 0 Å². The van der Waals surface area contributed by atoms with E-state index in [1.165, 1.54) is 31.4 Å². The van der Waals surface area contributed by atoms with Gasteiger partial charge in [0.25, 0.3) is 15.9 Å². The van der Waals surface area contributed by atoms with Crippen molar-refractivity contribution in [1.82, 2.24) is 0 Å². The van der Waals surface area contributed by atoms with Crippen LogP contribution >= 0.6 is 15.9 Å². The number of anilines is 1. The number of hydrogen-bond acceptors (Lipinski definition) is 4. The lowest BCUT2D eigenvalue weighted by Crippen LogP contribution is -2.37. The first-order chi connectivity index (χ1) is 12.9. The topological polar surface area (TPSA) is 63.7 Å². The van der Waals surface area contributed by atoms with Crippen molar-refractivity contribution >= 4 is 37.5 Å². The van der Waals surface area contributed by atoms with Gasteiger partial charge in [0.05, 0.1) is 17.7 Å². The van der Waals surface area contributed by atoms with Crippen molar-refractivity contribution < 1.29 is 17.9 Å². The van der Waals surface area contributed by atoms with Crippen molar-refractivity contribution in [1.29, 1.82) is 0 Å². The van der Waals surface area contributed by atoms with E-state index in [4.69, 9.17) is 4.74 Å². The molecule has 7 heteroatoms. The standard InChI is InChI=1S/C20H16BrNO4S/c1-26-18-13-11-17(12-14-18)22(20(23)15-7-9-16(21)10-8-15)27(24,25)19-5-3-2-4-6-19/h2-14H,1H3. The Kier molecular flexibility index (Phi) is 5.62. The predicted octanol–water partition coefficient (Wildman–Crippen LogP) is 4.49. The van der Waals surface area contributed by atoms with Gasteiger partial charge in [0.1, 0.15) is 5.75 Å². The van der Waals surface area contributed by atoms with Crippen LogP contribution in [-0.4, -0.2) is 21.4 Å². The third kappa shape index (κ3) is 4.04. The minimum Gasteiger partial charge on any atom is -0.497 e. The molecule has 0 heterocycles. The summed E-state index contributed by atoms with van der Waals surface area (Å²) in [6.07, 6.45) is 0. The van der Waals surface area contributed by atoms with Crippen molar-refractivity contribution in [3.63, 3.8) is 0 Å². The van der Waals surface area contributed by atoms with E-state index in [0.717, 1.165) is 8.78 Å². The van der Waals surface area contributed by atoms with Crippen LogP contribution < -0.4 is 9.04 Å². The van der Waals surface area contributed by atoms with Crippen LogP contribution in [0.15, 0.2) is 88.2 Å². The second-order valence-corrected chi connectivity index (χ2v) is 8.29. The van der Waals surface area contributed by atoms with Gasteiger partial charge in [-0.15, -0.1) is 0 Å². The number of carbonyl (C=O) groups excluding carboxylic acids is 1. The summed E-state index contributed by atoms with van der Waals surface area (Å²) in [4.78, 5) is 13.2. The molecule has 138 valence electrons. The molecule has 0 radical (unpaired) electrons. The number of benzene rings is 3. The normalized spacial score (nSPS) is 11.0. The Morgan fingerprint density at radius 3 is 2.04 bits per heavy atom. The minimum absolute atomic E-state index is 0.0336. The molecule has 5 nitrogen and oxygen atoms in total. The molecular weight excluding hydrogens is 430 g/mol. The van der Waals surface area contributed by atoms with Gasteiger partial charge in [0.15, 0.2) is 0 Å². The number of carbonyl (C=O) groups is 1. The quantitative estimate of drug-likeness (QED) is 0.579. The van der Waals surface area contributed by atoms with Gasteiger partial charge < -0.3 is 4.74 Å². The lowest BCUT2D eigenvalue weighted by Gasteiger charge is -2.23. The smallest absolute Gasteiger partial charge is 0.272 e. The zero-order valence-corrected chi connectivity index (χ0v) is 16.8. The van der Waals surface area contributed by atoms with Crippen molar-refractivity contribution in [3.05, 3.63) is 88.9 Å². The second-order valence-electron chi connectivity index (χ2n) is 5.59. The number of ether oxygens (including phenoxy) is 1. The third-order valence-electron chi connectivity index (χ3n) is 3.86. The molecular formula is C20H16BrNO4S. The summed E-state index contributed by atoms with van der Waals surface area (Å²) in [7, 11) is -2.59. The van der Waals surface area contributed by atoms with Crippen LogP contribution in [0.1, 0.15) is 10.4 Å². The molecule has 0 fully saturated rings. The molecule has 0 atom stereocenters. The van der Waals surface area contributed by atoms with Crippen molar-refractivity contribution in [2.75, 3.05) is 11.4 Å². The molecule has 0 aliphatic carbocycles. The van der Waals surface area contributed by atoms with Crippen LogP contribution in [0.25, 0.3) is 0 Å². The predicted molar refractivity (Wildman–Crippen MR) is 108 cm³/mol. The van der Waals surface area contributed by atoms with Gasteiger partial charge in [-0.25, -0.2) is 8.42 Å². The number of halogens is 1. The molecule has 0 bridgehead atoms. The van der Waals surface area contributed by atoms with Crippen LogP contribution in [0.5, 0.6) is 5.75 Å². The maximum absolute atomic E-state index is 13.2. The Hall–Kier alpha value is -2.64. The lowest BCUT2D eigenvalue weighted by molar-refractivity contribution is 0.101. The number of rotatable bonds is 5. The Bertz CT molecular complexity index is 1030. The molecule has 0 saturated carbocycles. The Morgan fingerprint density at radius 1 is 0.889 bits per heavy atom. The molecule has 3 aromatic carbocycles. The maximum atomic E-state index is 13.2. The van der Waals surface area contributed by atoms with Crippen molar-refractivity contribution in [3.8, 4) is 5.75 Å². The molecule has 0 unspecified atom stereocenters. The monoisotopic (exact) mass is 445 g/mol. The van der Waals surface area contributed by atoms with Crippen molar-refractivity contribution in [2.45, 2.75) is 4.90 Å². The number of amides is 1. The van der Waals surface area contributed by atoms with Gasteiger partial charge in [-0.1, -0.05) is 34.1 Å². The summed E-state index contributed by atoms with van der Waals surface area (Å²) < 4.78 is 33.2. The average Bonchev–Trinajstić information content (AvgIpc) is 2.69. The molecule has 0 saturated heterocycles. The van der Waals surface area contributed by atoms with E-state index < -0.39 is 15.9 Å². The van der Waals surface area contributed by atoms with Gasteiger partial charge >= 0.3 is 0 Å². The van der Waals surface area contributed by atoms with Gasteiger partial charge in [0, 0.05) is 10.0 Å². The maximum Gasteiger partial charge on any atom is 0.272 e. The summed E-state index contributed by atoms with van der Waals surface area (Å²) in [5.41, 5.74) is 0.487. The molecule has 3 aromatic rings. The zero-order valence-electron chi connectivity index (χ0n) is 14.4. The third-order valence-corrected chi connectivity index (χ3v) is 6.12. The van der Waals surface area contributed by atoms with Gasteiger partial charge in [0.2, 0.25) is 0 Å². The first-order valence-electron chi connectivity index (χ1n) is 7.98. The molecule has 27 heavy (non-hydrogen) atoms. The van der Waals surface area contributed by atoms with E-state index in [1.807, 2.05) is 0 Å². The largest absolute Gasteiger partial charge is 0.497 e. The van der Waals surface area contributed by atoms with Crippen molar-refractivity contribution in [2.24, 2.45) is 0 Å². The number of methoxy groups -OCH3 is 1. The lowest BCUT2D eigenvalue weighted by atomic mass is 10.2. The van der Waals surface area contributed by atoms with E-state index in [1.54, 1.807) is 54.6 Å². The highest BCUT2D eigenvalue weighted by molar-refractivity contribution is 9.10.